The summed E-state index contributed by atoms with van der Waals surface area (Å²) >= 11 is 6.27. The van der Waals surface area contributed by atoms with Crippen molar-refractivity contribution < 1.29 is 14.4 Å². The third-order valence-corrected chi connectivity index (χ3v) is 11.4. The lowest BCUT2D eigenvalue weighted by Gasteiger charge is -2.42. The summed E-state index contributed by atoms with van der Waals surface area (Å²) < 4.78 is 0. The van der Waals surface area contributed by atoms with Gasteiger partial charge < -0.3 is 19.6 Å². The Hall–Kier alpha value is -2.16. The molecular formula is C37H58ClN5O3. The van der Waals surface area contributed by atoms with E-state index in [0.29, 0.717) is 43.5 Å². The highest BCUT2D eigenvalue weighted by atomic mass is 35.5. The number of rotatable bonds is 5. The molecule has 9 heteroatoms. The number of piperazine rings is 1. The second-order valence-electron chi connectivity index (χ2n) is 16.7. The Balaban J connectivity index is 1.49. The highest BCUT2D eigenvalue weighted by molar-refractivity contribution is 6.30. The van der Waals surface area contributed by atoms with Crippen LogP contribution in [0.1, 0.15) is 92.1 Å². The number of likely N-dealkylation sites (N-methyl/N-ethyl adjacent to an activating group) is 1. The van der Waals surface area contributed by atoms with Crippen molar-refractivity contribution in [3.05, 3.63) is 34.9 Å². The fourth-order valence-electron chi connectivity index (χ4n) is 8.13. The van der Waals surface area contributed by atoms with E-state index in [1.807, 2.05) is 54.8 Å². The Morgan fingerprint density at radius 1 is 0.804 bits per heavy atom. The topological polar surface area (TPSA) is 67.4 Å². The van der Waals surface area contributed by atoms with Gasteiger partial charge in [0.05, 0.1) is 12.0 Å². The van der Waals surface area contributed by atoms with Crippen LogP contribution in [0.2, 0.25) is 5.02 Å². The zero-order valence-corrected chi connectivity index (χ0v) is 30.4. The minimum absolute atomic E-state index is 0.00503. The molecule has 3 aliphatic heterocycles. The van der Waals surface area contributed by atoms with Crippen LogP contribution in [0.4, 0.5) is 0 Å². The normalized spacial score (nSPS) is 30.1. The molecule has 0 radical (unpaired) electrons. The number of hydrogen-bond acceptors (Lipinski definition) is 5. The molecule has 4 aliphatic rings. The first-order valence-electron chi connectivity index (χ1n) is 17.7. The van der Waals surface area contributed by atoms with Crippen LogP contribution in [0.15, 0.2) is 24.3 Å². The maximum atomic E-state index is 15.0. The zero-order valence-electron chi connectivity index (χ0n) is 29.6. The van der Waals surface area contributed by atoms with Gasteiger partial charge in [0.15, 0.2) is 0 Å². The van der Waals surface area contributed by atoms with Gasteiger partial charge in [0.2, 0.25) is 17.7 Å². The zero-order chi connectivity index (χ0) is 33.6. The van der Waals surface area contributed by atoms with Crippen molar-refractivity contribution in [2.45, 2.75) is 110 Å². The molecule has 1 aromatic carbocycles. The first-order chi connectivity index (χ1) is 21.5. The summed E-state index contributed by atoms with van der Waals surface area (Å²) in [7, 11) is 2.09. The van der Waals surface area contributed by atoms with Gasteiger partial charge >= 0.3 is 0 Å². The Morgan fingerprint density at radius 3 is 1.98 bits per heavy atom. The summed E-state index contributed by atoms with van der Waals surface area (Å²) in [5.74, 6) is 0.587. The lowest BCUT2D eigenvalue weighted by atomic mass is 9.84. The molecule has 1 aromatic rings. The van der Waals surface area contributed by atoms with E-state index in [4.69, 9.17) is 11.6 Å². The van der Waals surface area contributed by atoms with Gasteiger partial charge in [0.1, 0.15) is 6.04 Å². The maximum absolute atomic E-state index is 15.0. The predicted octanol–water partition coefficient (Wildman–Crippen LogP) is 5.35. The van der Waals surface area contributed by atoms with Gasteiger partial charge in [0, 0.05) is 73.7 Å². The average Bonchev–Trinajstić information content (AvgIpc) is 3.64. The molecule has 3 saturated heterocycles. The van der Waals surface area contributed by atoms with E-state index in [2.05, 4.69) is 49.4 Å². The summed E-state index contributed by atoms with van der Waals surface area (Å²) in [5.41, 5.74) is 0.458. The average molecular weight is 656 g/mol. The van der Waals surface area contributed by atoms with Crippen LogP contribution in [0.25, 0.3) is 0 Å². The van der Waals surface area contributed by atoms with Crippen LogP contribution in [0.5, 0.6) is 0 Å². The van der Waals surface area contributed by atoms with Crippen LogP contribution in [-0.4, -0.2) is 119 Å². The molecule has 0 spiro atoms. The summed E-state index contributed by atoms with van der Waals surface area (Å²) in [4.78, 5) is 54.2. The fraction of sp³-hybridized carbons (Fsp3) is 0.757. The van der Waals surface area contributed by atoms with E-state index < -0.39 is 11.5 Å². The van der Waals surface area contributed by atoms with E-state index in [-0.39, 0.29) is 47.2 Å². The monoisotopic (exact) mass is 655 g/mol. The summed E-state index contributed by atoms with van der Waals surface area (Å²) in [6.45, 7) is 19.7. The third kappa shape index (κ3) is 7.60. The molecular weight excluding hydrogens is 598 g/mol. The number of carbonyl (C=O) groups is 3. The van der Waals surface area contributed by atoms with Crippen molar-refractivity contribution in [3.63, 3.8) is 0 Å². The molecule has 4 fully saturated rings. The molecule has 4 atom stereocenters. The van der Waals surface area contributed by atoms with Gasteiger partial charge in [-0.3, -0.25) is 19.3 Å². The highest BCUT2D eigenvalue weighted by Crippen LogP contribution is 2.41. The van der Waals surface area contributed by atoms with E-state index in [0.717, 1.165) is 50.9 Å². The molecule has 3 amide bonds. The van der Waals surface area contributed by atoms with Gasteiger partial charge in [0.25, 0.3) is 0 Å². The molecule has 256 valence electrons. The molecule has 0 unspecified atom stereocenters. The Morgan fingerprint density at radius 2 is 1.41 bits per heavy atom. The van der Waals surface area contributed by atoms with Crippen molar-refractivity contribution in [2.24, 2.45) is 17.3 Å². The number of hydrogen-bond donors (Lipinski definition) is 0. The van der Waals surface area contributed by atoms with Crippen LogP contribution < -0.4 is 0 Å². The summed E-state index contributed by atoms with van der Waals surface area (Å²) in [5, 5.41) is 0.679. The van der Waals surface area contributed by atoms with Gasteiger partial charge in [-0.15, -0.1) is 0 Å². The number of likely N-dealkylation sites (tertiary alicyclic amines) is 2. The molecule has 3 heterocycles. The molecule has 1 saturated carbocycles. The van der Waals surface area contributed by atoms with Gasteiger partial charge in [-0.25, -0.2) is 0 Å². The number of nitrogens with zero attached hydrogens (tertiary/aromatic N) is 5. The highest BCUT2D eigenvalue weighted by Gasteiger charge is 2.51. The lowest BCUT2D eigenvalue weighted by molar-refractivity contribution is -0.147. The van der Waals surface area contributed by atoms with Crippen molar-refractivity contribution in [3.8, 4) is 0 Å². The Kier molecular flexibility index (Phi) is 10.5. The van der Waals surface area contributed by atoms with Crippen molar-refractivity contribution in [2.75, 3.05) is 52.9 Å². The van der Waals surface area contributed by atoms with Gasteiger partial charge in [-0.1, -0.05) is 51.4 Å². The standard InChI is InChI=1S/C37H58ClN5O3/c1-25-9-15-28(16-10-25)43(35(46)36(2,3)4)29-21-32(34(45)40-19-17-39(8)18-20-40)42(22-29)33(44)31-24-41(37(5,6)7)23-30(31)26-11-13-27(38)14-12-26/h11-14,25,28-32H,9-10,15-24H2,1-8H3/t25?,28?,29-,30-,31-,32-/m0/s1. The van der Waals surface area contributed by atoms with E-state index in [9.17, 15) is 14.4 Å². The van der Waals surface area contributed by atoms with Gasteiger partial charge in [-0.2, -0.15) is 0 Å². The van der Waals surface area contributed by atoms with Crippen LogP contribution in [0.3, 0.4) is 0 Å². The van der Waals surface area contributed by atoms with Gasteiger partial charge in [-0.05, 0) is 83.5 Å². The molecule has 5 rings (SSSR count). The van der Waals surface area contributed by atoms with E-state index >= 15 is 0 Å². The molecule has 8 nitrogen and oxygen atoms in total. The first kappa shape index (κ1) is 35.2. The number of halogens is 1. The largest absolute Gasteiger partial charge is 0.338 e. The van der Waals surface area contributed by atoms with Crippen molar-refractivity contribution in [1.82, 2.24) is 24.5 Å². The van der Waals surface area contributed by atoms with Crippen LogP contribution >= 0.6 is 11.6 Å². The second kappa shape index (κ2) is 13.8. The van der Waals surface area contributed by atoms with Crippen LogP contribution in [-0.2, 0) is 14.4 Å². The minimum atomic E-state index is -0.562. The SMILES string of the molecule is CC1CCC(N(C(=O)C(C)(C)C)[C@H]2C[C@@H](C(=O)N3CCN(C)CC3)N(C(=O)[C@H]3CN(C(C)(C)C)C[C@H]3c3ccc(Cl)cc3)C2)CC1. The smallest absolute Gasteiger partial charge is 0.245 e. The lowest BCUT2D eigenvalue weighted by Crippen LogP contribution is -2.54. The number of amides is 3. The molecule has 46 heavy (non-hydrogen) atoms. The summed E-state index contributed by atoms with van der Waals surface area (Å²) in [6.07, 6.45) is 4.67. The molecule has 0 aromatic heterocycles. The predicted molar refractivity (Wildman–Crippen MR) is 185 cm³/mol. The Bertz CT molecular complexity index is 1240. The third-order valence-electron chi connectivity index (χ3n) is 11.2. The van der Waals surface area contributed by atoms with E-state index in [1.54, 1.807) is 0 Å². The molecule has 0 bridgehead atoms. The number of carbonyl (C=O) groups excluding carboxylic acids is 3. The van der Waals surface area contributed by atoms with Crippen LogP contribution in [0, 0.1) is 17.3 Å². The number of benzene rings is 1. The van der Waals surface area contributed by atoms with E-state index in [1.165, 1.54) is 0 Å². The Labute approximate surface area is 282 Å². The quantitative estimate of drug-likeness (QED) is 0.428. The fourth-order valence-corrected chi connectivity index (χ4v) is 8.26. The second-order valence-corrected chi connectivity index (χ2v) is 17.2. The van der Waals surface area contributed by atoms with Crippen molar-refractivity contribution in [1.29, 1.82) is 0 Å². The van der Waals surface area contributed by atoms with Crippen molar-refractivity contribution >= 4 is 29.3 Å². The summed E-state index contributed by atoms with van der Waals surface area (Å²) in [6, 6.07) is 7.32. The maximum Gasteiger partial charge on any atom is 0.245 e. The molecule has 1 aliphatic carbocycles. The molecule has 0 N–H and O–H groups in total. The minimum Gasteiger partial charge on any atom is -0.338 e. The first-order valence-corrected chi connectivity index (χ1v) is 18.0.